The van der Waals surface area contributed by atoms with Crippen molar-refractivity contribution in [3.05, 3.63) is 23.5 Å². The lowest BCUT2D eigenvalue weighted by molar-refractivity contribution is 0.112. The van der Waals surface area contributed by atoms with E-state index >= 15 is 0 Å². The number of phenolic OH excluding ortho intramolecular Hbond substituents is 1. The Hall–Kier alpha value is -1.58. The molecule has 1 rings (SSSR count). The Labute approximate surface area is 74.8 Å². The molecule has 3 nitrogen and oxygen atoms in total. The normalized spacial score (nSPS) is 9.69. The van der Waals surface area contributed by atoms with Gasteiger partial charge in [0.15, 0.2) is 23.6 Å². The molecular weight excluding hydrogens is 175 g/mol. The smallest absolute Gasteiger partial charge is 0.197 e. The molecule has 70 valence electrons. The van der Waals surface area contributed by atoms with Gasteiger partial charge in [-0.25, -0.2) is 4.39 Å². The highest BCUT2D eigenvalue weighted by molar-refractivity contribution is 5.80. The summed E-state index contributed by atoms with van der Waals surface area (Å²) in [4.78, 5) is 10.4. The number of hydrogen-bond acceptors (Lipinski definition) is 3. The summed E-state index contributed by atoms with van der Waals surface area (Å²) in [5.41, 5.74) is 0.0184. The lowest BCUT2D eigenvalue weighted by atomic mass is 10.2. The molecule has 4 heteroatoms. The van der Waals surface area contributed by atoms with Crippen molar-refractivity contribution in [2.45, 2.75) is 6.92 Å². The Balaban J connectivity index is 3.21. The van der Waals surface area contributed by atoms with Crippen LogP contribution in [-0.2, 0) is 0 Å². The summed E-state index contributed by atoms with van der Waals surface area (Å²) in [7, 11) is 0. The average Bonchev–Trinajstić information content (AvgIpc) is 2.12. The molecule has 1 aromatic carbocycles. The molecule has 1 N–H and O–H groups in total. The Morgan fingerprint density at radius 2 is 2.31 bits per heavy atom. The van der Waals surface area contributed by atoms with Crippen molar-refractivity contribution in [3.8, 4) is 11.5 Å². The standard InChI is InChI=1S/C9H9FO3/c1-2-13-9-7(10)4-3-6(5-11)8(9)12/h3-5,12H,2H2,1H3. The van der Waals surface area contributed by atoms with Crippen molar-refractivity contribution in [1.82, 2.24) is 0 Å². The van der Waals surface area contributed by atoms with Gasteiger partial charge in [0.2, 0.25) is 0 Å². The zero-order valence-electron chi connectivity index (χ0n) is 7.08. The van der Waals surface area contributed by atoms with Crippen LogP contribution in [0.25, 0.3) is 0 Å². The average molecular weight is 184 g/mol. The number of carbonyl (C=O) groups excluding carboxylic acids is 1. The van der Waals surface area contributed by atoms with E-state index in [1.54, 1.807) is 6.92 Å². The van der Waals surface area contributed by atoms with Gasteiger partial charge in [0.05, 0.1) is 12.2 Å². The van der Waals surface area contributed by atoms with E-state index < -0.39 is 11.6 Å². The summed E-state index contributed by atoms with van der Waals surface area (Å²) in [6, 6.07) is 2.27. The second-order valence-electron chi connectivity index (χ2n) is 2.37. The van der Waals surface area contributed by atoms with Gasteiger partial charge in [-0.1, -0.05) is 0 Å². The first-order valence-electron chi connectivity index (χ1n) is 3.80. The zero-order chi connectivity index (χ0) is 9.84. The molecule has 0 saturated carbocycles. The number of halogens is 1. The van der Waals surface area contributed by atoms with Crippen molar-refractivity contribution in [1.29, 1.82) is 0 Å². The summed E-state index contributed by atoms with van der Waals surface area (Å²) in [5, 5.41) is 9.30. The van der Waals surface area contributed by atoms with Gasteiger partial charge < -0.3 is 9.84 Å². The predicted molar refractivity (Wildman–Crippen MR) is 44.6 cm³/mol. The van der Waals surface area contributed by atoms with E-state index in [-0.39, 0.29) is 17.9 Å². The monoisotopic (exact) mass is 184 g/mol. The van der Waals surface area contributed by atoms with Crippen molar-refractivity contribution in [3.63, 3.8) is 0 Å². The highest BCUT2D eigenvalue weighted by atomic mass is 19.1. The van der Waals surface area contributed by atoms with Gasteiger partial charge in [-0.15, -0.1) is 0 Å². The first kappa shape index (κ1) is 9.51. The quantitative estimate of drug-likeness (QED) is 0.728. The topological polar surface area (TPSA) is 46.5 Å². The van der Waals surface area contributed by atoms with Crippen molar-refractivity contribution in [2.75, 3.05) is 6.61 Å². The molecule has 0 aliphatic heterocycles. The second kappa shape index (κ2) is 3.89. The molecule has 13 heavy (non-hydrogen) atoms. The third-order valence-corrected chi connectivity index (χ3v) is 1.53. The van der Waals surface area contributed by atoms with E-state index in [2.05, 4.69) is 0 Å². The maximum atomic E-state index is 13.0. The Morgan fingerprint density at radius 3 is 2.85 bits per heavy atom. The Morgan fingerprint density at radius 1 is 1.62 bits per heavy atom. The molecule has 0 unspecified atom stereocenters. The first-order valence-corrected chi connectivity index (χ1v) is 3.80. The fourth-order valence-corrected chi connectivity index (χ4v) is 0.939. The number of rotatable bonds is 3. The minimum absolute atomic E-state index is 0.0184. The second-order valence-corrected chi connectivity index (χ2v) is 2.37. The molecule has 0 aliphatic rings. The van der Waals surface area contributed by atoms with Gasteiger partial charge >= 0.3 is 0 Å². The van der Waals surface area contributed by atoms with Crippen molar-refractivity contribution >= 4 is 6.29 Å². The third kappa shape index (κ3) is 1.77. The SMILES string of the molecule is CCOc1c(F)ccc(C=O)c1O. The minimum Gasteiger partial charge on any atom is -0.504 e. The molecule has 0 heterocycles. The number of hydrogen-bond donors (Lipinski definition) is 1. The van der Waals surface area contributed by atoms with E-state index in [4.69, 9.17) is 4.74 Å². The zero-order valence-corrected chi connectivity index (χ0v) is 7.08. The molecule has 0 radical (unpaired) electrons. The van der Waals surface area contributed by atoms with Gasteiger partial charge in [-0.2, -0.15) is 0 Å². The highest BCUT2D eigenvalue weighted by Gasteiger charge is 2.12. The largest absolute Gasteiger partial charge is 0.504 e. The summed E-state index contributed by atoms with van der Waals surface area (Å²) in [6.07, 6.45) is 0.442. The molecule has 0 saturated heterocycles. The first-order chi connectivity index (χ1) is 6.20. The van der Waals surface area contributed by atoms with Crippen LogP contribution in [0, 0.1) is 5.82 Å². The van der Waals surface area contributed by atoms with Gasteiger partial charge in [-0.3, -0.25) is 4.79 Å². The fourth-order valence-electron chi connectivity index (χ4n) is 0.939. The number of benzene rings is 1. The van der Waals surface area contributed by atoms with Crippen molar-refractivity contribution in [2.24, 2.45) is 0 Å². The molecule has 0 atom stereocenters. The van der Waals surface area contributed by atoms with Crippen LogP contribution in [0.5, 0.6) is 11.5 Å². The van der Waals surface area contributed by atoms with Gasteiger partial charge in [0, 0.05) is 0 Å². The molecular formula is C9H9FO3. The van der Waals surface area contributed by atoms with Gasteiger partial charge in [0.1, 0.15) is 0 Å². The van der Waals surface area contributed by atoms with Crippen LogP contribution < -0.4 is 4.74 Å². The number of aromatic hydroxyl groups is 1. The summed E-state index contributed by atoms with van der Waals surface area (Å²) >= 11 is 0. The number of ether oxygens (including phenoxy) is 1. The van der Waals surface area contributed by atoms with Crippen LogP contribution in [0.4, 0.5) is 4.39 Å². The number of aldehydes is 1. The van der Waals surface area contributed by atoms with Crippen LogP contribution >= 0.6 is 0 Å². The lowest BCUT2D eigenvalue weighted by Crippen LogP contribution is -1.96. The van der Waals surface area contributed by atoms with E-state index in [9.17, 15) is 14.3 Å². The van der Waals surface area contributed by atoms with Gasteiger partial charge in [0.25, 0.3) is 0 Å². The molecule has 0 spiro atoms. The summed E-state index contributed by atoms with van der Waals surface area (Å²) in [6.45, 7) is 1.89. The predicted octanol–water partition coefficient (Wildman–Crippen LogP) is 1.74. The van der Waals surface area contributed by atoms with Gasteiger partial charge in [-0.05, 0) is 19.1 Å². The van der Waals surface area contributed by atoms with E-state index in [1.807, 2.05) is 0 Å². The molecule has 0 fully saturated rings. The Bertz CT molecular complexity index is 323. The minimum atomic E-state index is -0.676. The maximum absolute atomic E-state index is 13.0. The third-order valence-electron chi connectivity index (χ3n) is 1.53. The molecule has 0 aromatic heterocycles. The molecule has 0 bridgehead atoms. The maximum Gasteiger partial charge on any atom is 0.197 e. The molecule has 0 amide bonds. The van der Waals surface area contributed by atoms with Crippen LogP contribution in [0.2, 0.25) is 0 Å². The molecule has 0 aliphatic carbocycles. The van der Waals surface area contributed by atoms with Crippen LogP contribution in [0.1, 0.15) is 17.3 Å². The summed E-state index contributed by atoms with van der Waals surface area (Å²) < 4.78 is 17.8. The number of carbonyl (C=O) groups is 1. The highest BCUT2D eigenvalue weighted by Crippen LogP contribution is 2.31. The van der Waals surface area contributed by atoms with Crippen LogP contribution in [-0.4, -0.2) is 18.0 Å². The summed E-state index contributed by atoms with van der Waals surface area (Å²) in [5.74, 6) is -1.39. The van der Waals surface area contributed by atoms with Crippen LogP contribution in [0.15, 0.2) is 12.1 Å². The fraction of sp³-hybridized carbons (Fsp3) is 0.222. The van der Waals surface area contributed by atoms with E-state index in [1.165, 1.54) is 6.07 Å². The molecule has 1 aromatic rings. The van der Waals surface area contributed by atoms with Crippen molar-refractivity contribution < 1.29 is 19.0 Å². The van der Waals surface area contributed by atoms with E-state index in [0.29, 0.717) is 6.29 Å². The lowest BCUT2D eigenvalue weighted by Gasteiger charge is -2.07. The Kier molecular flexibility index (Phi) is 2.84. The van der Waals surface area contributed by atoms with E-state index in [0.717, 1.165) is 6.07 Å². The number of phenols is 1. The van der Waals surface area contributed by atoms with Crippen LogP contribution in [0.3, 0.4) is 0 Å².